The Balaban J connectivity index is 1.35. The molecule has 1 aromatic heterocycles. The third-order valence-corrected chi connectivity index (χ3v) is 6.29. The minimum absolute atomic E-state index is 0.0183. The van der Waals surface area contributed by atoms with Crippen LogP contribution in [0.25, 0.3) is 10.9 Å². The van der Waals surface area contributed by atoms with Crippen LogP contribution in [0, 0.1) is 17.6 Å². The molecule has 1 heterocycles. The summed E-state index contributed by atoms with van der Waals surface area (Å²) in [5, 5.41) is 6.37. The normalized spacial score (nSPS) is 18.2. The number of hydrogen-bond donors (Lipinski definition) is 2. The van der Waals surface area contributed by atoms with Gasteiger partial charge in [-0.05, 0) is 49.4 Å². The molecule has 0 atom stereocenters. The molecule has 36 heavy (non-hydrogen) atoms. The minimum atomic E-state index is -4.43. The summed E-state index contributed by atoms with van der Waals surface area (Å²) in [4.78, 5) is 23.1. The lowest BCUT2D eigenvalue weighted by molar-refractivity contribution is -0.137. The third-order valence-electron chi connectivity index (χ3n) is 6.29. The smallest absolute Gasteiger partial charge is 0.362 e. The maximum Gasteiger partial charge on any atom is 0.416 e. The topological polar surface area (TPSA) is 70.2 Å². The molecule has 1 amide bonds. The number of benzene rings is 2. The average Bonchev–Trinajstić information content (AvgIpc) is 2.83. The number of amides is 1. The summed E-state index contributed by atoms with van der Waals surface area (Å²) >= 11 is 0. The van der Waals surface area contributed by atoms with Crippen LogP contribution in [0.15, 0.2) is 36.4 Å². The van der Waals surface area contributed by atoms with Crippen LogP contribution in [0.1, 0.15) is 36.8 Å². The monoisotopic (exact) mass is 507 g/mol. The van der Waals surface area contributed by atoms with Crippen LogP contribution in [0.2, 0.25) is 0 Å². The molecule has 1 saturated carbocycles. The molecule has 192 valence electrons. The van der Waals surface area contributed by atoms with Crippen molar-refractivity contribution in [2.24, 2.45) is 5.92 Å². The van der Waals surface area contributed by atoms with Gasteiger partial charge in [0.25, 0.3) is 0 Å². The van der Waals surface area contributed by atoms with Gasteiger partial charge in [0.15, 0.2) is 11.6 Å². The van der Waals surface area contributed by atoms with Crippen LogP contribution in [-0.2, 0) is 17.5 Å². The molecule has 0 spiro atoms. The SMILES string of the molecule is CN(C)c1nc(NC2CCC(C(=O)NCc3cccc(C(F)(F)F)c3)CC2)nc2cc(F)c(F)cc12. The van der Waals surface area contributed by atoms with E-state index in [1.165, 1.54) is 6.07 Å². The van der Waals surface area contributed by atoms with Gasteiger partial charge < -0.3 is 15.5 Å². The average molecular weight is 508 g/mol. The number of anilines is 2. The Kier molecular flexibility index (Phi) is 7.28. The van der Waals surface area contributed by atoms with E-state index in [2.05, 4.69) is 20.6 Å². The summed E-state index contributed by atoms with van der Waals surface area (Å²) in [7, 11) is 3.49. The number of aromatic nitrogens is 2. The fraction of sp³-hybridized carbons (Fsp3) is 0.400. The number of fused-ring (bicyclic) bond motifs is 1. The van der Waals surface area contributed by atoms with Gasteiger partial charge in [-0.3, -0.25) is 4.79 Å². The second kappa shape index (κ2) is 10.2. The van der Waals surface area contributed by atoms with Gasteiger partial charge in [-0.15, -0.1) is 0 Å². The van der Waals surface area contributed by atoms with Crippen molar-refractivity contribution < 1.29 is 26.7 Å². The number of carbonyl (C=O) groups is 1. The van der Waals surface area contributed by atoms with Gasteiger partial charge >= 0.3 is 6.18 Å². The van der Waals surface area contributed by atoms with Crippen LogP contribution in [0.5, 0.6) is 0 Å². The molecular formula is C25H26F5N5O. The molecule has 2 N–H and O–H groups in total. The lowest BCUT2D eigenvalue weighted by Gasteiger charge is -2.28. The highest BCUT2D eigenvalue weighted by Gasteiger charge is 2.31. The highest BCUT2D eigenvalue weighted by molar-refractivity contribution is 5.90. The van der Waals surface area contributed by atoms with Crippen LogP contribution in [-0.4, -0.2) is 36.0 Å². The van der Waals surface area contributed by atoms with Gasteiger partial charge in [0, 0.05) is 44.1 Å². The Morgan fingerprint density at radius 1 is 1.03 bits per heavy atom. The summed E-state index contributed by atoms with van der Waals surface area (Å²) < 4.78 is 66.2. The molecule has 0 unspecified atom stereocenters. The van der Waals surface area contributed by atoms with Crippen molar-refractivity contribution in [3.05, 3.63) is 59.2 Å². The molecule has 1 aliphatic rings. The van der Waals surface area contributed by atoms with Crippen molar-refractivity contribution in [3.63, 3.8) is 0 Å². The Bertz CT molecular complexity index is 1260. The van der Waals surface area contributed by atoms with E-state index in [1.807, 2.05) is 0 Å². The van der Waals surface area contributed by atoms with E-state index in [4.69, 9.17) is 0 Å². The van der Waals surface area contributed by atoms with Crippen LogP contribution < -0.4 is 15.5 Å². The molecule has 0 bridgehead atoms. The number of nitrogens with one attached hydrogen (secondary N) is 2. The molecule has 0 saturated heterocycles. The van der Waals surface area contributed by atoms with Gasteiger partial charge in [-0.25, -0.2) is 13.8 Å². The second-order valence-corrected chi connectivity index (χ2v) is 9.16. The first-order valence-electron chi connectivity index (χ1n) is 11.6. The molecule has 4 rings (SSSR count). The summed E-state index contributed by atoms with van der Waals surface area (Å²) in [6, 6.07) is 6.99. The predicted octanol–water partition coefficient (Wildman–Crippen LogP) is 5.28. The van der Waals surface area contributed by atoms with Crippen LogP contribution in [0.3, 0.4) is 0 Å². The minimum Gasteiger partial charge on any atom is -0.362 e. The van der Waals surface area contributed by atoms with Gasteiger partial charge in [-0.2, -0.15) is 18.2 Å². The standard InChI is InChI=1S/C25H26F5N5O/c1-35(2)22-18-11-19(26)20(27)12-21(18)33-24(34-22)32-17-8-6-15(7-9-17)23(36)31-13-14-4-3-5-16(10-14)25(28,29)30/h3-5,10-12,15,17H,6-9,13H2,1-2H3,(H,31,36)(H,32,33,34). The van der Waals surface area contributed by atoms with Crippen molar-refractivity contribution >= 4 is 28.6 Å². The molecule has 0 aliphatic heterocycles. The van der Waals surface area contributed by atoms with Gasteiger partial charge in [0.2, 0.25) is 11.9 Å². The summed E-state index contributed by atoms with van der Waals surface area (Å²) in [6.45, 7) is 0.0241. The lowest BCUT2D eigenvalue weighted by atomic mass is 9.85. The Labute approximate surface area is 204 Å². The quantitative estimate of drug-likeness (QED) is 0.445. The van der Waals surface area contributed by atoms with Crippen LogP contribution >= 0.6 is 0 Å². The van der Waals surface area contributed by atoms with Gasteiger partial charge in [0.05, 0.1) is 11.1 Å². The van der Waals surface area contributed by atoms with Crippen molar-refractivity contribution in [2.45, 2.75) is 44.4 Å². The van der Waals surface area contributed by atoms with E-state index in [0.717, 1.165) is 24.3 Å². The lowest BCUT2D eigenvalue weighted by Crippen LogP contribution is -2.36. The zero-order valence-corrected chi connectivity index (χ0v) is 19.8. The first-order valence-corrected chi connectivity index (χ1v) is 11.6. The largest absolute Gasteiger partial charge is 0.416 e. The number of nitrogens with zero attached hydrogens (tertiary/aromatic N) is 3. The number of hydrogen-bond acceptors (Lipinski definition) is 5. The summed E-state index contributed by atoms with van der Waals surface area (Å²) in [5.41, 5.74) is -0.0882. The van der Waals surface area contributed by atoms with Crippen molar-refractivity contribution in [1.29, 1.82) is 0 Å². The molecular weight excluding hydrogens is 481 g/mol. The van der Waals surface area contributed by atoms with Crippen molar-refractivity contribution in [3.8, 4) is 0 Å². The fourth-order valence-electron chi connectivity index (χ4n) is 4.39. The maximum absolute atomic E-state index is 13.8. The number of carbonyl (C=O) groups excluding carboxylic acids is 1. The third kappa shape index (κ3) is 5.83. The number of alkyl halides is 3. The molecule has 0 radical (unpaired) electrons. The fourth-order valence-corrected chi connectivity index (χ4v) is 4.39. The van der Waals surface area contributed by atoms with E-state index in [0.29, 0.717) is 42.5 Å². The van der Waals surface area contributed by atoms with E-state index in [1.54, 1.807) is 25.1 Å². The summed E-state index contributed by atoms with van der Waals surface area (Å²) in [5.74, 6) is -1.67. The van der Waals surface area contributed by atoms with E-state index in [9.17, 15) is 26.7 Å². The zero-order chi connectivity index (χ0) is 26.0. The van der Waals surface area contributed by atoms with Crippen molar-refractivity contribution in [1.82, 2.24) is 15.3 Å². The van der Waals surface area contributed by atoms with Gasteiger partial charge in [-0.1, -0.05) is 12.1 Å². The van der Waals surface area contributed by atoms with E-state index >= 15 is 0 Å². The predicted molar refractivity (Wildman–Crippen MR) is 126 cm³/mol. The van der Waals surface area contributed by atoms with Crippen LogP contribution in [0.4, 0.5) is 33.7 Å². The van der Waals surface area contributed by atoms with Crippen molar-refractivity contribution in [2.75, 3.05) is 24.3 Å². The number of halogens is 5. The summed E-state index contributed by atoms with van der Waals surface area (Å²) in [6.07, 6.45) is -1.96. The Morgan fingerprint density at radius 2 is 1.72 bits per heavy atom. The molecule has 11 heteroatoms. The first kappa shape index (κ1) is 25.6. The highest BCUT2D eigenvalue weighted by Crippen LogP contribution is 2.31. The molecule has 2 aromatic carbocycles. The molecule has 1 fully saturated rings. The molecule has 1 aliphatic carbocycles. The maximum atomic E-state index is 13.8. The van der Waals surface area contributed by atoms with Gasteiger partial charge in [0.1, 0.15) is 5.82 Å². The second-order valence-electron chi connectivity index (χ2n) is 9.16. The Morgan fingerprint density at radius 3 is 2.39 bits per heavy atom. The molecule has 3 aromatic rings. The van der Waals surface area contributed by atoms with E-state index in [-0.39, 0.29) is 35.9 Å². The molecule has 6 nitrogen and oxygen atoms in total. The first-order chi connectivity index (χ1) is 17.0. The zero-order valence-electron chi connectivity index (χ0n) is 19.8. The number of rotatable bonds is 6. The van der Waals surface area contributed by atoms with E-state index < -0.39 is 23.4 Å². The Hall–Kier alpha value is -3.50. The highest BCUT2D eigenvalue weighted by atomic mass is 19.4.